The molecule has 1 aromatic rings. The number of methoxy groups -OCH3 is 1. The summed E-state index contributed by atoms with van der Waals surface area (Å²) in [6, 6.07) is 7.24. The van der Waals surface area contributed by atoms with Gasteiger partial charge in [0.2, 0.25) is 0 Å². The van der Waals surface area contributed by atoms with Crippen molar-refractivity contribution in [3.63, 3.8) is 0 Å². The van der Waals surface area contributed by atoms with E-state index in [1.165, 1.54) is 14.2 Å². The van der Waals surface area contributed by atoms with Gasteiger partial charge in [0.25, 0.3) is 0 Å². The van der Waals surface area contributed by atoms with Crippen molar-refractivity contribution in [3.05, 3.63) is 29.8 Å². The van der Waals surface area contributed by atoms with Crippen LogP contribution >= 0.6 is 7.60 Å². The Bertz CT molecular complexity index is 426. The van der Waals surface area contributed by atoms with Crippen molar-refractivity contribution in [1.82, 2.24) is 0 Å². The molecule has 1 aromatic carbocycles. The summed E-state index contributed by atoms with van der Waals surface area (Å²) in [6.07, 6.45) is 0. The molecule has 1 N–H and O–H groups in total. The molecule has 0 aliphatic carbocycles. The Morgan fingerprint density at radius 1 is 1.17 bits per heavy atom. The van der Waals surface area contributed by atoms with Gasteiger partial charge in [-0.3, -0.25) is 4.57 Å². The Morgan fingerprint density at radius 3 is 2.22 bits per heavy atom. The van der Waals surface area contributed by atoms with E-state index in [1.54, 1.807) is 20.1 Å². The van der Waals surface area contributed by atoms with E-state index in [2.05, 4.69) is 0 Å². The van der Waals surface area contributed by atoms with Gasteiger partial charge in [0.15, 0.2) is 5.85 Å². The van der Waals surface area contributed by atoms with Crippen molar-refractivity contribution in [2.75, 3.05) is 21.3 Å². The summed E-state index contributed by atoms with van der Waals surface area (Å²) in [4.78, 5) is 0. The predicted octanol–water partition coefficient (Wildman–Crippen LogP) is 2.60. The SMILES string of the molecule is COc1ccccc1C(C)C(O)P(=O)(OC)OC. The van der Waals surface area contributed by atoms with Crippen molar-refractivity contribution in [1.29, 1.82) is 0 Å². The first-order valence-electron chi connectivity index (χ1n) is 5.52. The fourth-order valence-electron chi connectivity index (χ4n) is 1.77. The molecule has 2 unspecified atom stereocenters. The molecule has 0 amide bonds. The van der Waals surface area contributed by atoms with Crippen LogP contribution in [0.4, 0.5) is 0 Å². The first-order valence-corrected chi connectivity index (χ1v) is 7.13. The maximum Gasteiger partial charge on any atom is 0.358 e. The van der Waals surface area contributed by atoms with Crippen LogP contribution in [0.1, 0.15) is 18.4 Å². The molecule has 0 aromatic heterocycles. The lowest BCUT2D eigenvalue weighted by molar-refractivity contribution is 0.157. The molecule has 18 heavy (non-hydrogen) atoms. The zero-order chi connectivity index (χ0) is 13.8. The first-order chi connectivity index (χ1) is 8.50. The molecule has 6 heteroatoms. The van der Waals surface area contributed by atoms with Crippen LogP contribution in [0.5, 0.6) is 5.75 Å². The van der Waals surface area contributed by atoms with Gasteiger partial charge >= 0.3 is 7.60 Å². The van der Waals surface area contributed by atoms with E-state index in [0.29, 0.717) is 5.75 Å². The van der Waals surface area contributed by atoms with Gasteiger partial charge in [-0.1, -0.05) is 25.1 Å². The highest BCUT2D eigenvalue weighted by atomic mass is 31.2. The molecule has 0 fully saturated rings. The molecule has 0 saturated heterocycles. The molecule has 102 valence electrons. The van der Waals surface area contributed by atoms with Gasteiger partial charge < -0.3 is 18.9 Å². The standard InChI is InChI=1S/C12H19O5P/c1-9(12(13)18(14,16-3)17-4)10-7-5-6-8-11(10)15-2/h5-9,12-13H,1-4H3. The normalized spacial score (nSPS) is 15.2. The van der Waals surface area contributed by atoms with Gasteiger partial charge in [-0.15, -0.1) is 0 Å². The van der Waals surface area contributed by atoms with Crippen molar-refractivity contribution in [3.8, 4) is 5.75 Å². The summed E-state index contributed by atoms with van der Waals surface area (Å²) < 4.78 is 27.0. The monoisotopic (exact) mass is 274 g/mol. The maximum absolute atomic E-state index is 12.1. The van der Waals surface area contributed by atoms with Crippen LogP contribution in [0.25, 0.3) is 0 Å². The van der Waals surface area contributed by atoms with Gasteiger partial charge in [0.05, 0.1) is 7.11 Å². The molecular formula is C12H19O5P. The second-order valence-electron chi connectivity index (χ2n) is 3.85. The fourth-order valence-corrected chi connectivity index (χ4v) is 3.06. The summed E-state index contributed by atoms with van der Waals surface area (Å²) >= 11 is 0. The number of aliphatic hydroxyl groups is 1. The number of hydrogen-bond acceptors (Lipinski definition) is 5. The lowest BCUT2D eigenvalue weighted by Crippen LogP contribution is -2.18. The van der Waals surface area contributed by atoms with Crippen molar-refractivity contribution in [2.24, 2.45) is 0 Å². The second kappa shape index (κ2) is 6.34. The summed E-state index contributed by atoms with van der Waals surface area (Å²) in [5.74, 6) is -1.06. The molecule has 0 aliphatic rings. The average Bonchev–Trinajstić information content (AvgIpc) is 2.44. The van der Waals surface area contributed by atoms with E-state index in [1.807, 2.05) is 18.2 Å². The molecule has 0 heterocycles. The minimum absolute atomic E-state index is 0.438. The second-order valence-corrected chi connectivity index (χ2v) is 6.19. The quantitative estimate of drug-likeness (QED) is 0.808. The molecule has 0 bridgehead atoms. The average molecular weight is 274 g/mol. The lowest BCUT2D eigenvalue weighted by atomic mass is 10.0. The van der Waals surface area contributed by atoms with Crippen molar-refractivity contribution >= 4 is 7.60 Å². The fraction of sp³-hybridized carbons (Fsp3) is 0.500. The molecule has 2 atom stereocenters. The third kappa shape index (κ3) is 2.93. The Kier molecular flexibility index (Phi) is 5.35. The van der Waals surface area contributed by atoms with E-state index in [4.69, 9.17) is 13.8 Å². The van der Waals surface area contributed by atoms with Crippen LogP contribution in [-0.2, 0) is 13.6 Å². The highest BCUT2D eigenvalue weighted by Crippen LogP contribution is 2.55. The number of aliphatic hydroxyl groups excluding tert-OH is 1. The van der Waals surface area contributed by atoms with E-state index in [-0.39, 0.29) is 0 Å². The summed E-state index contributed by atoms with van der Waals surface area (Å²) in [5, 5.41) is 10.1. The Hall–Kier alpha value is -0.870. The molecule has 0 saturated carbocycles. The summed E-state index contributed by atoms with van der Waals surface area (Å²) in [5.41, 5.74) is 0.752. The molecule has 0 aliphatic heterocycles. The van der Waals surface area contributed by atoms with Crippen LogP contribution in [0.2, 0.25) is 0 Å². The zero-order valence-corrected chi connectivity index (χ0v) is 11.9. The third-order valence-electron chi connectivity index (χ3n) is 2.91. The molecule has 5 nitrogen and oxygen atoms in total. The van der Waals surface area contributed by atoms with Crippen molar-refractivity contribution in [2.45, 2.75) is 18.7 Å². The first kappa shape index (κ1) is 15.2. The van der Waals surface area contributed by atoms with Crippen LogP contribution in [0.3, 0.4) is 0 Å². The van der Waals surface area contributed by atoms with Crippen molar-refractivity contribution < 1.29 is 23.5 Å². The zero-order valence-electron chi connectivity index (χ0n) is 11.0. The Morgan fingerprint density at radius 2 is 1.72 bits per heavy atom. The lowest BCUT2D eigenvalue weighted by Gasteiger charge is -2.26. The smallest absolute Gasteiger partial charge is 0.358 e. The molecule has 0 radical (unpaired) electrons. The van der Waals surface area contributed by atoms with Crippen LogP contribution < -0.4 is 4.74 Å². The van der Waals surface area contributed by atoms with E-state index < -0.39 is 19.4 Å². The van der Waals surface area contributed by atoms with Gasteiger partial charge in [-0.2, -0.15) is 0 Å². The maximum atomic E-state index is 12.1. The van der Waals surface area contributed by atoms with Crippen LogP contribution in [0.15, 0.2) is 24.3 Å². The van der Waals surface area contributed by atoms with E-state index in [9.17, 15) is 9.67 Å². The topological polar surface area (TPSA) is 65.0 Å². The number of ether oxygens (including phenoxy) is 1. The Balaban J connectivity index is 3.06. The summed E-state index contributed by atoms with van der Waals surface area (Å²) in [7, 11) is 0.527. The van der Waals surface area contributed by atoms with Gasteiger partial charge in [0.1, 0.15) is 5.75 Å². The third-order valence-corrected chi connectivity index (χ3v) is 5.02. The van der Waals surface area contributed by atoms with Gasteiger partial charge in [-0.25, -0.2) is 0 Å². The molecular weight excluding hydrogens is 255 g/mol. The highest BCUT2D eigenvalue weighted by Gasteiger charge is 2.38. The number of hydrogen-bond donors (Lipinski definition) is 1. The van der Waals surface area contributed by atoms with E-state index in [0.717, 1.165) is 5.56 Å². The van der Waals surface area contributed by atoms with Gasteiger partial charge in [-0.05, 0) is 6.07 Å². The number of rotatable bonds is 6. The number of para-hydroxylation sites is 1. The van der Waals surface area contributed by atoms with E-state index >= 15 is 0 Å². The predicted molar refractivity (Wildman–Crippen MR) is 69.0 cm³/mol. The Labute approximate surface area is 107 Å². The molecule has 1 rings (SSSR count). The highest BCUT2D eigenvalue weighted by molar-refractivity contribution is 7.54. The summed E-state index contributed by atoms with van der Waals surface area (Å²) in [6.45, 7) is 1.74. The number of benzene rings is 1. The largest absolute Gasteiger partial charge is 0.496 e. The minimum Gasteiger partial charge on any atom is -0.496 e. The van der Waals surface area contributed by atoms with Crippen LogP contribution in [-0.4, -0.2) is 32.3 Å². The van der Waals surface area contributed by atoms with Crippen LogP contribution in [0, 0.1) is 0 Å². The van der Waals surface area contributed by atoms with Gasteiger partial charge in [0, 0.05) is 25.7 Å². The molecule has 0 spiro atoms. The minimum atomic E-state index is -3.52.